The lowest BCUT2D eigenvalue weighted by Crippen LogP contribution is -2.67. The third-order valence-corrected chi connectivity index (χ3v) is 14.1. The summed E-state index contributed by atoms with van der Waals surface area (Å²) in [6.45, 7) is 5.62. The fourth-order valence-electron chi connectivity index (χ4n) is 11.6. The molecule has 8 atom stereocenters. The van der Waals surface area contributed by atoms with Crippen LogP contribution in [0.3, 0.4) is 0 Å². The highest BCUT2D eigenvalue weighted by Gasteiger charge is 2.76. The van der Waals surface area contributed by atoms with Crippen LogP contribution in [0.2, 0.25) is 0 Å². The van der Waals surface area contributed by atoms with Gasteiger partial charge in [-0.25, -0.2) is 4.79 Å². The third kappa shape index (κ3) is 3.98. The molecule has 9 rings (SSSR count). The molecule has 1 saturated heterocycles. The van der Waals surface area contributed by atoms with E-state index >= 15 is 0 Å². The van der Waals surface area contributed by atoms with Crippen molar-refractivity contribution >= 4 is 11.9 Å². The Morgan fingerprint density at radius 2 is 1.58 bits per heavy atom. The van der Waals surface area contributed by atoms with Crippen LogP contribution in [0.25, 0.3) is 0 Å². The van der Waals surface area contributed by atoms with Gasteiger partial charge in [0, 0.05) is 39.0 Å². The number of carbonyl (C=O) groups is 2. The lowest BCUT2D eigenvalue weighted by molar-refractivity contribution is -0.164. The molecule has 8 heteroatoms. The number of hydrogen-bond donors (Lipinski definition) is 1. The zero-order valence-corrected chi connectivity index (χ0v) is 28.7. The van der Waals surface area contributed by atoms with Gasteiger partial charge in [0.1, 0.15) is 22.8 Å². The Labute approximate surface area is 283 Å². The van der Waals surface area contributed by atoms with Gasteiger partial charge in [-0.15, -0.1) is 0 Å². The Kier molecular flexibility index (Phi) is 6.96. The number of nitrogens with zero attached hydrogens (tertiary/aromatic N) is 1. The van der Waals surface area contributed by atoms with Gasteiger partial charge in [-0.05, 0) is 98.6 Å². The Hall–Kier alpha value is -3.78. The summed E-state index contributed by atoms with van der Waals surface area (Å²) >= 11 is 0. The summed E-state index contributed by atoms with van der Waals surface area (Å²) in [5, 5.41) is 11.0. The zero-order chi connectivity index (χ0) is 33.7. The van der Waals surface area contributed by atoms with E-state index in [1.165, 1.54) is 0 Å². The largest absolute Gasteiger partial charge is 0.497 e. The second-order valence-electron chi connectivity index (χ2n) is 15.7. The number of allylic oxidation sites excluding steroid dienone is 4. The number of amides is 1. The SMILES string of the molecule is COc1ccc(C(=O)C2=C[C@@]34C=C[C@@]25[C@@H]2CC[C@@]6(CN(Cc7ccc(OC)cc7OC)C(=O)O6)[C@@]2(C)CC[C@@H]5[C@@]3(C)CC[C@H](O)C4)cc1. The maximum atomic E-state index is 14.8. The van der Waals surface area contributed by atoms with Gasteiger partial charge < -0.3 is 24.1 Å². The summed E-state index contributed by atoms with van der Waals surface area (Å²) in [6.07, 6.45) is 12.1. The highest BCUT2D eigenvalue weighted by Crippen LogP contribution is 2.79. The number of ether oxygens (including phenoxy) is 4. The minimum absolute atomic E-state index is 0.0512. The highest BCUT2D eigenvalue weighted by molar-refractivity contribution is 6.10. The number of carbonyl (C=O) groups excluding carboxylic acids is 2. The van der Waals surface area contributed by atoms with Gasteiger partial charge in [0.05, 0.1) is 40.5 Å². The lowest BCUT2D eigenvalue weighted by atomic mass is 9.32. The van der Waals surface area contributed by atoms with E-state index in [9.17, 15) is 14.7 Å². The van der Waals surface area contributed by atoms with Crippen molar-refractivity contribution in [2.45, 2.75) is 77.0 Å². The molecule has 2 bridgehead atoms. The molecule has 3 spiro atoms. The van der Waals surface area contributed by atoms with Gasteiger partial charge in [-0.1, -0.05) is 32.1 Å². The first-order valence-electron chi connectivity index (χ1n) is 17.5. The van der Waals surface area contributed by atoms with Crippen LogP contribution in [0, 0.1) is 33.5 Å². The van der Waals surface area contributed by atoms with Crippen molar-refractivity contribution in [2.24, 2.45) is 33.5 Å². The molecule has 1 heterocycles. The van der Waals surface area contributed by atoms with Crippen molar-refractivity contribution in [1.82, 2.24) is 4.90 Å². The van der Waals surface area contributed by atoms with Gasteiger partial charge in [0.2, 0.25) is 0 Å². The number of fused-ring (bicyclic) bond motifs is 2. The fourth-order valence-corrected chi connectivity index (χ4v) is 11.6. The van der Waals surface area contributed by atoms with Crippen molar-refractivity contribution in [3.8, 4) is 17.2 Å². The number of ketones is 1. The molecule has 7 aliphatic rings. The molecule has 4 fully saturated rings. The first-order chi connectivity index (χ1) is 23.0. The van der Waals surface area contributed by atoms with Crippen LogP contribution < -0.4 is 14.2 Å². The molecule has 1 aliphatic heterocycles. The summed E-state index contributed by atoms with van der Waals surface area (Å²) in [6, 6.07) is 13.1. The van der Waals surface area contributed by atoms with E-state index in [0.717, 1.165) is 49.7 Å². The molecular weight excluding hydrogens is 606 g/mol. The molecule has 2 aromatic rings. The van der Waals surface area contributed by atoms with Crippen molar-refractivity contribution in [1.29, 1.82) is 0 Å². The molecule has 0 aromatic heterocycles. The monoisotopic (exact) mass is 653 g/mol. The topological polar surface area (TPSA) is 94.5 Å². The number of aliphatic hydroxyl groups is 1. The third-order valence-electron chi connectivity index (χ3n) is 14.1. The van der Waals surface area contributed by atoms with Gasteiger partial charge in [-0.3, -0.25) is 9.69 Å². The standard InChI is InChI=1S/C40H47NO7/c1-36-15-12-27(42)21-38(36)18-19-40(30(22-38)34(43)25-6-9-28(45-3)10-7-25)32(36)13-16-37(2)33(40)14-17-39(37)24-41(35(44)48-39)23-26-8-11-29(46-4)20-31(26)47-5/h6-11,18-20,22,27,32-33,42H,12-17,21,23-24H2,1-5H3/t27-,32+,33+,36+,37-,38-,39+,40+/m0/s1. The molecule has 1 N–H and O–H groups in total. The first kappa shape index (κ1) is 31.5. The lowest BCUT2D eigenvalue weighted by Gasteiger charge is -2.71. The zero-order valence-electron chi connectivity index (χ0n) is 28.7. The smallest absolute Gasteiger partial charge is 0.410 e. The average Bonchev–Trinajstić information content (AvgIpc) is 3.58. The van der Waals surface area contributed by atoms with E-state index in [-0.39, 0.29) is 40.0 Å². The van der Waals surface area contributed by atoms with E-state index in [1.807, 2.05) is 47.4 Å². The maximum Gasteiger partial charge on any atom is 0.410 e. The normalized spacial score (nSPS) is 39.0. The Balaban J connectivity index is 1.19. The summed E-state index contributed by atoms with van der Waals surface area (Å²) in [5.74, 6) is 2.49. The fraction of sp³-hybridized carbons (Fsp3) is 0.550. The summed E-state index contributed by atoms with van der Waals surface area (Å²) in [5.41, 5.74) is 0.468. The van der Waals surface area contributed by atoms with Gasteiger partial charge in [0.15, 0.2) is 5.78 Å². The Bertz CT molecular complexity index is 1730. The molecule has 8 nitrogen and oxygen atoms in total. The molecule has 0 radical (unpaired) electrons. The number of aliphatic hydroxyl groups excluding tert-OH is 1. The van der Waals surface area contributed by atoms with E-state index in [1.54, 1.807) is 21.3 Å². The number of hydrogen-bond acceptors (Lipinski definition) is 7. The van der Waals surface area contributed by atoms with E-state index in [0.29, 0.717) is 42.3 Å². The van der Waals surface area contributed by atoms with Gasteiger partial charge >= 0.3 is 6.09 Å². The summed E-state index contributed by atoms with van der Waals surface area (Å²) in [4.78, 5) is 30.3. The van der Waals surface area contributed by atoms with E-state index < -0.39 is 17.1 Å². The molecule has 254 valence electrons. The van der Waals surface area contributed by atoms with Crippen LogP contribution in [0.4, 0.5) is 4.79 Å². The van der Waals surface area contributed by atoms with Crippen molar-refractivity contribution < 1.29 is 33.6 Å². The van der Waals surface area contributed by atoms with E-state index in [4.69, 9.17) is 18.9 Å². The minimum Gasteiger partial charge on any atom is -0.497 e. The predicted octanol–water partition coefficient (Wildman–Crippen LogP) is 7.15. The quantitative estimate of drug-likeness (QED) is 0.251. The van der Waals surface area contributed by atoms with Crippen LogP contribution in [0.5, 0.6) is 17.2 Å². The number of methoxy groups -OCH3 is 3. The molecular formula is C40H47NO7. The van der Waals surface area contributed by atoms with E-state index in [2.05, 4.69) is 32.1 Å². The summed E-state index contributed by atoms with van der Waals surface area (Å²) in [7, 11) is 4.88. The van der Waals surface area contributed by atoms with Crippen molar-refractivity contribution in [2.75, 3.05) is 27.9 Å². The van der Waals surface area contributed by atoms with Crippen molar-refractivity contribution in [3.63, 3.8) is 0 Å². The Morgan fingerprint density at radius 1 is 0.896 bits per heavy atom. The number of rotatable bonds is 7. The van der Waals surface area contributed by atoms with Crippen LogP contribution in [0.15, 0.2) is 66.3 Å². The first-order valence-corrected chi connectivity index (χ1v) is 17.5. The predicted molar refractivity (Wildman–Crippen MR) is 180 cm³/mol. The number of Topliss-reactive ketones (excluding diaryl/α,β-unsaturated/α-hetero) is 1. The molecule has 0 unspecified atom stereocenters. The average molecular weight is 654 g/mol. The molecule has 3 saturated carbocycles. The van der Waals surface area contributed by atoms with Crippen molar-refractivity contribution in [3.05, 3.63) is 77.4 Å². The Morgan fingerprint density at radius 3 is 2.31 bits per heavy atom. The summed E-state index contributed by atoms with van der Waals surface area (Å²) < 4.78 is 23.0. The second kappa shape index (κ2) is 10.6. The van der Waals surface area contributed by atoms with Gasteiger partial charge in [-0.2, -0.15) is 0 Å². The van der Waals surface area contributed by atoms with Crippen LogP contribution in [0.1, 0.15) is 74.7 Å². The van der Waals surface area contributed by atoms with Crippen LogP contribution in [-0.4, -0.2) is 61.5 Å². The highest BCUT2D eigenvalue weighted by atomic mass is 16.6. The molecule has 48 heavy (non-hydrogen) atoms. The van der Waals surface area contributed by atoms with Gasteiger partial charge in [0.25, 0.3) is 0 Å². The molecule has 2 aromatic carbocycles. The molecule has 1 amide bonds. The second-order valence-corrected chi connectivity index (χ2v) is 15.7. The van der Waals surface area contributed by atoms with Crippen LogP contribution in [-0.2, 0) is 11.3 Å². The number of benzene rings is 2. The van der Waals surface area contributed by atoms with Crippen LogP contribution >= 0.6 is 0 Å². The molecule has 6 aliphatic carbocycles. The minimum atomic E-state index is -0.661. The maximum absolute atomic E-state index is 14.8.